The van der Waals surface area contributed by atoms with E-state index in [-0.39, 0.29) is 23.8 Å². The molecule has 22 heavy (non-hydrogen) atoms. The number of ether oxygens (including phenoxy) is 1. The molecule has 2 aromatic rings. The second-order valence-corrected chi connectivity index (χ2v) is 5.22. The summed E-state index contributed by atoms with van der Waals surface area (Å²) in [6, 6.07) is 11.0. The molecule has 0 bridgehead atoms. The molecule has 2 rings (SSSR count). The van der Waals surface area contributed by atoms with Crippen LogP contribution in [0.1, 0.15) is 10.4 Å². The molecule has 0 atom stereocenters. The maximum absolute atomic E-state index is 11.8. The summed E-state index contributed by atoms with van der Waals surface area (Å²) in [6.45, 7) is -0.273. The van der Waals surface area contributed by atoms with Gasteiger partial charge in [-0.3, -0.25) is 9.59 Å². The fourth-order valence-electron chi connectivity index (χ4n) is 1.69. The average molecular weight is 339 g/mol. The Balaban J connectivity index is 1.99. The summed E-state index contributed by atoms with van der Waals surface area (Å²) in [5, 5.41) is 3.56. The summed E-state index contributed by atoms with van der Waals surface area (Å²) in [6.07, 6.45) is 0. The Labute approximate surface area is 137 Å². The maximum atomic E-state index is 11.8. The number of nitrogens with one attached hydrogen (secondary N) is 1. The van der Waals surface area contributed by atoms with Gasteiger partial charge in [-0.15, -0.1) is 0 Å². The van der Waals surface area contributed by atoms with E-state index in [4.69, 9.17) is 33.7 Å². The number of nitrogens with two attached hydrogens (primary N) is 1. The van der Waals surface area contributed by atoms with Gasteiger partial charge in [0.1, 0.15) is 5.75 Å². The van der Waals surface area contributed by atoms with Crippen LogP contribution < -0.4 is 15.8 Å². The first-order chi connectivity index (χ1) is 10.5. The highest BCUT2D eigenvalue weighted by atomic mass is 35.5. The van der Waals surface area contributed by atoms with Crippen molar-refractivity contribution in [1.29, 1.82) is 0 Å². The minimum Gasteiger partial charge on any atom is -0.483 e. The van der Waals surface area contributed by atoms with Gasteiger partial charge in [0.2, 0.25) is 0 Å². The summed E-state index contributed by atoms with van der Waals surface area (Å²) < 4.78 is 5.31. The van der Waals surface area contributed by atoms with E-state index in [9.17, 15) is 9.59 Å². The van der Waals surface area contributed by atoms with E-state index in [1.165, 1.54) is 12.1 Å². The molecule has 2 amide bonds. The molecule has 0 aliphatic heterocycles. The van der Waals surface area contributed by atoms with Gasteiger partial charge in [0.05, 0.1) is 5.56 Å². The van der Waals surface area contributed by atoms with Crippen LogP contribution in [0.3, 0.4) is 0 Å². The summed E-state index contributed by atoms with van der Waals surface area (Å²) in [5.74, 6) is -0.869. The number of amides is 2. The largest absolute Gasteiger partial charge is 0.483 e. The van der Waals surface area contributed by atoms with E-state index < -0.39 is 5.91 Å². The van der Waals surface area contributed by atoms with Gasteiger partial charge in [-0.2, -0.15) is 0 Å². The zero-order chi connectivity index (χ0) is 16.1. The summed E-state index contributed by atoms with van der Waals surface area (Å²) in [7, 11) is 0. The van der Waals surface area contributed by atoms with Crippen LogP contribution >= 0.6 is 23.2 Å². The lowest BCUT2D eigenvalue weighted by Crippen LogP contribution is -2.21. The Hall–Kier alpha value is -2.24. The lowest BCUT2D eigenvalue weighted by atomic mass is 10.2. The van der Waals surface area contributed by atoms with E-state index in [0.29, 0.717) is 15.7 Å². The molecular formula is C15H12Cl2N2O3. The molecule has 0 spiro atoms. The van der Waals surface area contributed by atoms with Crippen molar-refractivity contribution in [2.75, 3.05) is 11.9 Å². The molecule has 0 aliphatic rings. The van der Waals surface area contributed by atoms with Gasteiger partial charge >= 0.3 is 0 Å². The first-order valence-electron chi connectivity index (χ1n) is 6.23. The lowest BCUT2D eigenvalue weighted by molar-refractivity contribution is -0.118. The normalized spacial score (nSPS) is 10.1. The molecule has 0 saturated carbocycles. The monoisotopic (exact) mass is 338 g/mol. The van der Waals surface area contributed by atoms with Gasteiger partial charge in [-0.1, -0.05) is 23.2 Å². The van der Waals surface area contributed by atoms with Gasteiger partial charge in [0, 0.05) is 15.7 Å². The highest BCUT2D eigenvalue weighted by Gasteiger charge is 2.12. The molecular weight excluding hydrogens is 327 g/mol. The summed E-state index contributed by atoms with van der Waals surface area (Å²) in [4.78, 5) is 23.1. The molecule has 114 valence electrons. The first kappa shape index (κ1) is 16.1. The SMILES string of the molecule is NC(=O)c1cc(Cl)ccc1OCC(=O)Nc1ccc(Cl)cc1. The van der Waals surface area contributed by atoms with E-state index in [0.717, 1.165) is 0 Å². The van der Waals surface area contributed by atoms with E-state index in [2.05, 4.69) is 5.32 Å². The van der Waals surface area contributed by atoms with Gasteiger partial charge in [0.25, 0.3) is 11.8 Å². The minimum absolute atomic E-state index is 0.117. The van der Waals surface area contributed by atoms with Crippen molar-refractivity contribution in [3.63, 3.8) is 0 Å². The quantitative estimate of drug-likeness (QED) is 0.878. The lowest BCUT2D eigenvalue weighted by Gasteiger charge is -2.10. The van der Waals surface area contributed by atoms with Gasteiger partial charge in [-0.25, -0.2) is 0 Å². The number of rotatable bonds is 5. The predicted molar refractivity (Wildman–Crippen MR) is 85.5 cm³/mol. The fraction of sp³-hybridized carbons (Fsp3) is 0.0667. The third kappa shape index (κ3) is 4.38. The Bertz CT molecular complexity index is 702. The van der Waals surface area contributed by atoms with Crippen LogP contribution in [-0.4, -0.2) is 18.4 Å². The van der Waals surface area contributed by atoms with E-state index in [1.54, 1.807) is 30.3 Å². The second-order valence-electron chi connectivity index (χ2n) is 4.35. The molecule has 0 heterocycles. The third-order valence-electron chi connectivity index (χ3n) is 2.69. The summed E-state index contributed by atoms with van der Waals surface area (Å²) in [5.41, 5.74) is 5.94. The number of anilines is 1. The standard InChI is InChI=1S/C15H12Cl2N2O3/c16-9-1-4-11(5-2-9)19-14(20)8-22-13-6-3-10(17)7-12(13)15(18)21/h1-7H,8H2,(H2,18,21)(H,19,20). The van der Waals surface area contributed by atoms with Crippen LogP contribution in [0.25, 0.3) is 0 Å². The van der Waals surface area contributed by atoms with Crippen molar-refractivity contribution in [3.05, 3.63) is 58.1 Å². The number of hydrogen-bond acceptors (Lipinski definition) is 3. The zero-order valence-corrected chi connectivity index (χ0v) is 12.8. The topological polar surface area (TPSA) is 81.4 Å². The average Bonchev–Trinajstić information content (AvgIpc) is 2.48. The summed E-state index contributed by atoms with van der Waals surface area (Å²) >= 11 is 11.5. The number of benzene rings is 2. The molecule has 7 heteroatoms. The number of primary amides is 1. The van der Waals surface area contributed by atoms with Crippen molar-refractivity contribution in [1.82, 2.24) is 0 Å². The minimum atomic E-state index is -0.685. The maximum Gasteiger partial charge on any atom is 0.262 e. The molecule has 3 N–H and O–H groups in total. The van der Waals surface area contributed by atoms with Crippen molar-refractivity contribution in [2.24, 2.45) is 5.73 Å². The van der Waals surface area contributed by atoms with Crippen molar-refractivity contribution < 1.29 is 14.3 Å². The number of carbonyl (C=O) groups excluding carboxylic acids is 2. The highest BCUT2D eigenvalue weighted by molar-refractivity contribution is 6.31. The molecule has 0 fully saturated rings. The van der Waals surface area contributed by atoms with Crippen molar-refractivity contribution >= 4 is 40.7 Å². The molecule has 5 nitrogen and oxygen atoms in total. The zero-order valence-electron chi connectivity index (χ0n) is 11.3. The van der Waals surface area contributed by atoms with Crippen LogP contribution in [-0.2, 0) is 4.79 Å². The van der Waals surface area contributed by atoms with Crippen LogP contribution in [0, 0.1) is 0 Å². The Morgan fingerprint density at radius 3 is 2.32 bits per heavy atom. The molecule has 0 aromatic heterocycles. The van der Waals surface area contributed by atoms with E-state index in [1.807, 2.05) is 0 Å². The molecule has 0 unspecified atom stereocenters. The Morgan fingerprint density at radius 1 is 1.05 bits per heavy atom. The van der Waals surface area contributed by atoms with Gasteiger partial charge in [0.15, 0.2) is 6.61 Å². The molecule has 0 saturated heterocycles. The third-order valence-corrected chi connectivity index (χ3v) is 3.18. The van der Waals surface area contributed by atoms with Crippen LogP contribution in [0.15, 0.2) is 42.5 Å². The Morgan fingerprint density at radius 2 is 1.68 bits per heavy atom. The highest BCUT2D eigenvalue weighted by Crippen LogP contribution is 2.22. The first-order valence-corrected chi connectivity index (χ1v) is 6.99. The van der Waals surface area contributed by atoms with Crippen LogP contribution in [0.5, 0.6) is 5.75 Å². The number of carbonyl (C=O) groups is 2. The number of halogens is 2. The van der Waals surface area contributed by atoms with E-state index >= 15 is 0 Å². The number of hydrogen-bond donors (Lipinski definition) is 2. The van der Waals surface area contributed by atoms with Gasteiger partial charge < -0.3 is 15.8 Å². The fourth-order valence-corrected chi connectivity index (χ4v) is 1.99. The predicted octanol–water partition coefficient (Wildman–Crippen LogP) is 3.11. The molecule has 2 aromatic carbocycles. The molecule has 0 aliphatic carbocycles. The van der Waals surface area contributed by atoms with Crippen molar-refractivity contribution in [2.45, 2.75) is 0 Å². The molecule has 0 radical (unpaired) electrons. The smallest absolute Gasteiger partial charge is 0.262 e. The van der Waals surface area contributed by atoms with Crippen molar-refractivity contribution in [3.8, 4) is 5.75 Å². The Kier molecular flexibility index (Phi) is 5.25. The van der Waals surface area contributed by atoms with Crippen LogP contribution in [0.4, 0.5) is 5.69 Å². The van der Waals surface area contributed by atoms with Crippen LogP contribution in [0.2, 0.25) is 10.0 Å². The van der Waals surface area contributed by atoms with Gasteiger partial charge in [-0.05, 0) is 42.5 Å². The second kappa shape index (κ2) is 7.15.